The van der Waals surface area contributed by atoms with E-state index in [-0.39, 0.29) is 18.2 Å². The number of benzene rings is 1. The second-order valence-electron chi connectivity index (χ2n) is 7.12. The van der Waals surface area contributed by atoms with Crippen molar-refractivity contribution in [3.05, 3.63) is 48.8 Å². The van der Waals surface area contributed by atoms with Gasteiger partial charge in [0.15, 0.2) is 5.65 Å². The van der Waals surface area contributed by atoms with Gasteiger partial charge in [0.25, 0.3) is 5.91 Å². The maximum Gasteiger partial charge on any atom is 0.272 e. The predicted octanol–water partition coefficient (Wildman–Crippen LogP) is 2.07. The summed E-state index contributed by atoms with van der Waals surface area (Å²) in [6, 6.07) is 10.4. The van der Waals surface area contributed by atoms with Gasteiger partial charge in [-0.2, -0.15) is 10.2 Å². The van der Waals surface area contributed by atoms with Crippen LogP contribution in [0.15, 0.2) is 53.9 Å². The van der Waals surface area contributed by atoms with E-state index in [0.717, 1.165) is 11.0 Å². The summed E-state index contributed by atoms with van der Waals surface area (Å²) in [5.74, 6) is -0.934. The topological polar surface area (TPSA) is 119 Å². The summed E-state index contributed by atoms with van der Waals surface area (Å²) in [5.41, 5.74) is 7.73. The molecule has 0 bridgehead atoms. The van der Waals surface area contributed by atoms with Crippen LogP contribution in [0.2, 0.25) is 0 Å². The van der Waals surface area contributed by atoms with Crippen molar-refractivity contribution < 1.29 is 9.59 Å². The molecule has 2 aromatic heterocycles. The number of nitrogens with one attached hydrogen (secondary N) is 1. The quantitative estimate of drug-likeness (QED) is 0.690. The van der Waals surface area contributed by atoms with Crippen LogP contribution in [-0.4, -0.2) is 38.3 Å². The molecule has 0 saturated carbocycles. The van der Waals surface area contributed by atoms with Crippen LogP contribution in [0.4, 0.5) is 11.4 Å². The third-order valence-electron chi connectivity index (χ3n) is 4.70. The molecular weight excluding hydrogens is 370 g/mol. The monoisotopic (exact) mass is 391 g/mol. The number of primary amides is 1. The first-order valence-electron chi connectivity index (χ1n) is 9.29. The second-order valence-corrected chi connectivity index (χ2v) is 7.12. The van der Waals surface area contributed by atoms with E-state index >= 15 is 0 Å². The lowest BCUT2D eigenvalue weighted by atomic mass is 10.1. The molecule has 1 atom stereocenters. The zero-order valence-corrected chi connectivity index (χ0v) is 16.1. The van der Waals surface area contributed by atoms with E-state index in [1.807, 2.05) is 54.9 Å². The maximum absolute atomic E-state index is 12.7. The molecule has 0 aliphatic carbocycles. The molecule has 1 aromatic carbocycles. The predicted molar refractivity (Wildman–Crippen MR) is 110 cm³/mol. The van der Waals surface area contributed by atoms with Gasteiger partial charge >= 0.3 is 0 Å². The molecule has 2 amide bonds. The molecule has 1 aliphatic heterocycles. The Kier molecular flexibility index (Phi) is 4.71. The molecule has 1 aliphatic rings. The van der Waals surface area contributed by atoms with Gasteiger partial charge < -0.3 is 11.1 Å². The van der Waals surface area contributed by atoms with E-state index < -0.39 is 17.9 Å². The minimum atomic E-state index is -0.706. The number of anilines is 2. The molecule has 0 unspecified atom stereocenters. The van der Waals surface area contributed by atoms with E-state index in [1.54, 1.807) is 12.4 Å². The van der Waals surface area contributed by atoms with Crippen LogP contribution in [0, 0.1) is 0 Å². The summed E-state index contributed by atoms with van der Waals surface area (Å²) in [7, 11) is 0. The van der Waals surface area contributed by atoms with Crippen LogP contribution in [0.5, 0.6) is 0 Å². The van der Waals surface area contributed by atoms with E-state index in [9.17, 15) is 9.59 Å². The molecule has 3 aromatic rings. The number of amides is 2. The highest BCUT2D eigenvalue weighted by Gasteiger charge is 2.35. The fourth-order valence-electron chi connectivity index (χ4n) is 3.28. The van der Waals surface area contributed by atoms with Gasteiger partial charge in [-0.1, -0.05) is 18.2 Å². The largest absolute Gasteiger partial charge is 0.368 e. The number of nitrogens with zero attached hydrogens (tertiary/aromatic N) is 5. The number of rotatable bonds is 5. The maximum atomic E-state index is 12.7. The Morgan fingerprint density at radius 1 is 1.21 bits per heavy atom. The van der Waals surface area contributed by atoms with Gasteiger partial charge in [0, 0.05) is 17.8 Å². The van der Waals surface area contributed by atoms with Crippen molar-refractivity contribution in [2.24, 2.45) is 10.8 Å². The SMILES string of the molecule is CC(C)n1ncc2cc(NC(=O)C3=NN(c4ccccc4)[C@H](C(N)=O)C3)cnc21. The number of nitrogens with two attached hydrogens (primary N) is 1. The van der Waals surface area contributed by atoms with E-state index in [2.05, 4.69) is 20.5 Å². The Morgan fingerprint density at radius 3 is 2.66 bits per heavy atom. The highest BCUT2D eigenvalue weighted by molar-refractivity contribution is 6.44. The fraction of sp³-hybridized carbons (Fsp3) is 0.250. The fourth-order valence-corrected chi connectivity index (χ4v) is 3.28. The van der Waals surface area contributed by atoms with Crippen molar-refractivity contribution in [1.82, 2.24) is 14.8 Å². The summed E-state index contributed by atoms with van der Waals surface area (Å²) in [6.07, 6.45) is 3.43. The number of pyridine rings is 1. The van der Waals surface area contributed by atoms with Gasteiger partial charge in [-0.3, -0.25) is 14.6 Å². The van der Waals surface area contributed by atoms with Crippen LogP contribution < -0.4 is 16.1 Å². The van der Waals surface area contributed by atoms with Gasteiger partial charge in [0.05, 0.1) is 23.8 Å². The summed E-state index contributed by atoms with van der Waals surface area (Å²) in [6.45, 7) is 4.05. The van der Waals surface area contributed by atoms with Crippen LogP contribution in [0.1, 0.15) is 26.3 Å². The van der Waals surface area contributed by atoms with Gasteiger partial charge in [0.2, 0.25) is 5.91 Å². The van der Waals surface area contributed by atoms with E-state index in [0.29, 0.717) is 11.4 Å². The summed E-state index contributed by atoms with van der Waals surface area (Å²) in [5, 5.41) is 13.8. The van der Waals surface area contributed by atoms with Crippen molar-refractivity contribution in [3.8, 4) is 0 Å². The van der Waals surface area contributed by atoms with Gasteiger partial charge in [-0.05, 0) is 32.0 Å². The number of para-hydroxylation sites is 1. The lowest BCUT2D eigenvalue weighted by Gasteiger charge is -2.20. The molecule has 0 spiro atoms. The van der Waals surface area contributed by atoms with Gasteiger partial charge in [-0.25, -0.2) is 9.67 Å². The first-order chi connectivity index (χ1) is 13.9. The van der Waals surface area contributed by atoms with Crippen molar-refractivity contribution in [1.29, 1.82) is 0 Å². The van der Waals surface area contributed by atoms with Gasteiger partial charge in [-0.15, -0.1) is 0 Å². The van der Waals surface area contributed by atoms with Crippen molar-refractivity contribution >= 4 is 39.9 Å². The normalized spacial score (nSPS) is 16.3. The van der Waals surface area contributed by atoms with Crippen molar-refractivity contribution in [2.45, 2.75) is 32.4 Å². The Morgan fingerprint density at radius 2 is 1.97 bits per heavy atom. The molecule has 9 heteroatoms. The highest BCUT2D eigenvalue weighted by atomic mass is 16.2. The van der Waals surface area contributed by atoms with Crippen LogP contribution in [-0.2, 0) is 9.59 Å². The smallest absolute Gasteiger partial charge is 0.272 e. The second kappa shape index (κ2) is 7.34. The lowest BCUT2D eigenvalue weighted by molar-refractivity contribution is -0.119. The minimum absolute atomic E-state index is 0.136. The molecule has 3 N–H and O–H groups in total. The zero-order valence-electron chi connectivity index (χ0n) is 16.1. The third kappa shape index (κ3) is 3.54. The van der Waals surface area contributed by atoms with Crippen molar-refractivity contribution in [3.63, 3.8) is 0 Å². The summed E-state index contributed by atoms with van der Waals surface area (Å²) < 4.78 is 1.82. The molecule has 3 heterocycles. The first-order valence-corrected chi connectivity index (χ1v) is 9.29. The lowest BCUT2D eigenvalue weighted by Crippen LogP contribution is -2.39. The molecule has 29 heavy (non-hydrogen) atoms. The third-order valence-corrected chi connectivity index (χ3v) is 4.70. The number of fused-ring (bicyclic) bond motifs is 1. The number of hydrazone groups is 1. The number of hydrogen-bond acceptors (Lipinski definition) is 6. The molecule has 0 saturated heterocycles. The molecule has 4 rings (SSSR count). The van der Waals surface area contributed by atoms with Crippen LogP contribution in [0.3, 0.4) is 0 Å². The minimum Gasteiger partial charge on any atom is -0.368 e. The van der Waals surface area contributed by atoms with Gasteiger partial charge in [0.1, 0.15) is 11.8 Å². The van der Waals surface area contributed by atoms with Crippen molar-refractivity contribution in [2.75, 3.05) is 10.3 Å². The molecule has 0 fully saturated rings. The van der Waals surface area contributed by atoms with E-state index in [4.69, 9.17) is 5.73 Å². The molecule has 0 radical (unpaired) electrons. The first kappa shape index (κ1) is 18.6. The average Bonchev–Trinajstić information content (AvgIpc) is 3.33. The number of aromatic nitrogens is 3. The Labute approximate surface area is 167 Å². The number of hydrogen-bond donors (Lipinski definition) is 2. The number of carbonyl (C=O) groups is 2. The zero-order chi connectivity index (χ0) is 20.5. The van der Waals surface area contributed by atoms with E-state index in [1.165, 1.54) is 5.01 Å². The Balaban J connectivity index is 1.56. The Bertz CT molecular complexity index is 1100. The Hall–Kier alpha value is -3.75. The average molecular weight is 391 g/mol. The molecule has 148 valence electrons. The molecular formula is C20H21N7O2. The van der Waals surface area contributed by atoms with Crippen LogP contribution >= 0.6 is 0 Å². The van der Waals surface area contributed by atoms with Crippen LogP contribution in [0.25, 0.3) is 11.0 Å². The summed E-state index contributed by atoms with van der Waals surface area (Å²) in [4.78, 5) is 29.0. The molecule has 9 nitrogen and oxygen atoms in total. The summed E-state index contributed by atoms with van der Waals surface area (Å²) >= 11 is 0. The standard InChI is InChI=1S/C20H21N7O2/c1-12(2)26-19-13(10-23-26)8-14(11-22-19)24-20(29)16-9-17(18(21)28)27(25-16)15-6-4-3-5-7-15/h3-8,10-12,17H,9H2,1-2H3,(H2,21,28)(H,24,29)/t17-/m0/s1. The number of carbonyl (C=O) groups excluding carboxylic acids is 2. The highest BCUT2D eigenvalue weighted by Crippen LogP contribution is 2.25.